The molecule has 2 fully saturated rings. The van der Waals surface area contributed by atoms with Crippen molar-refractivity contribution in [1.82, 2.24) is 14.2 Å². The van der Waals surface area contributed by atoms with Crippen LogP contribution in [0, 0.1) is 29.1 Å². The van der Waals surface area contributed by atoms with Crippen LogP contribution in [0.1, 0.15) is 61.3 Å². The van der Waals surface area contributed by atoms with Crippen LogP contribution < -0.4 is 4.90 Å². The van der Waals surface area contributed by atoms with Crippen LogP contribution in [-0.4, -0.2) is 60.3 Å². The van der Waals surface area contributed by atoms with Gasteiger partial charge in [0.05, 0.1) is 12.2 Å². The zero-order chi connectivity index (χ0) is 32.6. The Labute approximate surface area is 258 Å². The highest BCUT2D eigenvalue weighted by atomic mass is 32.2. The Hall–Kier alpha value is -3.62. The molecule has 0 unspecified atom stereocenters. The van der Waals surface area contributed by atoms with Crippen molar-refractivity contribution in [3.05, 3.63) is 82.4 Å². The molecule has 1 amide bonds. The Morgan fingerprint density at radius 2 is 1.56 bits per heavy atom. The van der Waals surface area contributed by atoms with E-state index in [4.69, 9.17) is 0 Å². The highest BCUT2D eigenvalue weighted by Crippen LogP contribution is 2.36. The van der Waals surface area contributed by atoms with E-state index in [0.29, 0.717) is 28.0 Å². The number of benzene rings is 2. The second-order valence-electron chi connectivity index (χ2n) is 11.7. The lowest BCUT2D eigenvalue weighted by molar-refractivity contribution is -0.125. The summed E-state index contributed by atoms with van der Waals surface area (Å²) in [6, 6.07) is 6.68. The third-order valence-electron chi connectivity index (χ3n) is 8.37. The molecule has 8 nitrogen and oxygen atoms in total. The SMILES string of the molecule is CN(C)Cc1ccc(N(Cc2ccc(C3CCCCC3)cn2)C(=O)[C@H]2CCN2S(=O)(=O)c2c(F)c(F)c(F)c(F)c2F)cc1O. The Bertz CT molecular complexity index is 1670. The standard InChI is InChI=1S/C31H33F5N4O4S/c1-38(2)16-20-9-11-22(14-24(20)41)39(17-21-10-8-19(15-37-21)18-6-4-3-5-7-18)31(42)23-12-13-40(23)45(43,44)30-28(35)26(33)25(32)27(34)29(30)36/h8-11,14-15,18,23,41H,3-7,12-13,16-17H2,1-2H3/t23-/m1/s1. The van der Waals surface area contributed by atoms with Gasteiger partial charge in [0.15, 0.2) is 28.2 Å². The van der Waals surface area contributed by atoms with E-state index in [1.54, 1.807) is 24.4 Å². The van der Waals surface area contributed by atoms with Gasteiger partial charge in [0.25, 0.3) is 0 Å². The van der Waals surface area contributed by atoms with E-state index < -0.39 is 62.5 Å². The van der Waals surface area contributed by atoms with Gasteiger partial charge >= 0.3 is 0 Å². The summed E-state index contributed by atoms with van der Waals surface area (Å²) in [5, 5.41) is 10.7. The molecule has 1 aliphatic carbocycles. The van der Waals surface area contributed by atoms with Crippen molar-refractivity contribution in [1.29, 1.82) is 0 Å². The molecule has 45 heavy (non-hydrogen) atoms. The van der Waals surface area contributed by atoms with Crippen molar-refractivity contribution in [2.24, 2.45) is 0 Å². The van der Waals surface area contributed by atoms with Crippen molar-refractivity contribution >= 4 is 21.6 Å². The first-order valence-corrected chi connectivity index (χ1v) is 16.0. The van der Waals surface area contributed by atoms with Gasteiger partial charge in [0.1, 0.15) is 11.8 Å². The number of rotatable bonds is 9. The number of phenols is 1. The molecular weight excluding hydrogens is 619 g/mol. The van der Waals surface area contributed by atoms with Crippen LogP contribution in [0.15, 0.2) is 41.4 Å². The van der Waals surface area contributed by atoms with Gasteiger partial charge in [-0.05, 0) is 57.0 Å². The highest BCUT2D eigenvalue weighted by Gasteiger charge is 2.48. The number of carbonyl (C=O) groups excluding carboxylic acids is 1. The lowest BCUT2D eigenvalue weighted by Gasteiger charge is -2.41. The van der Waals surface area contributed by atoms with E-state index >= 15 is 0 Å². The summed E-state index contributed by atoms with van der Waals surface area (Å²) in [6.45, 7) is -0.155. The summed E-state index contributed by atoms with van der Waals surface area (Å²) in [7, 11) is -1.72. The topological polar surface area (TPSA) is 94.0 Å². The van der Waals surface area contributed by atoms with Gasteiger partial charge in [0, 0.05) is 36.6 Å². The number of sulfonamides is 1. The number of amides is 1. The molecule has 1 atom stereocenters. The largest absolute Gasteiger partial charge is 0.508 e. The molecule has 2 aromatic carbocycles. The number of hydrogen-bond donors (Lipinski definition) is 1. The van der Waals surface area contributed by atoms with Crippen LogP contribution in [0.4, 0.5) is 27.6 Å². The molecule has 0 spiro atoms. The third kappa shape index (κ3) is 6.40. The molecule has 1 N–H and O–H groups in total. The molecule has 2 heterocycles. The molecule has 1 saturated heterocycles. The average Bonchev–Trinajstić information content (AvgIpc) is 2.98. The normalized spacial score (nSPS) is 17.8. The minimum absolute atomic E-state index is 0.0807. The third-order valence-corrected chi connectivity index (χ3v) is 10.3. The quantitative estimate of drug-likeness (QED) is 0.184. The van der Waals surface area contributed by atoms with E-state index in [1.165, 1.54) is 17.4 Å². The molecule has 1 aromatic heterocycles. The van der Waals surface area contributed by atoms with E-state index in [-0.39, 0.29) is 24.4 Å². The van der Waals surface area contributed by atoms with Crippen molar-refractivity contribution in [3.63, 3.8) is 0 Å². The maximum atomic E-state index is 14.5. The monoisotopic (exact) mass is 652 g/mol. The molecule has 0 bridgehead atoms. The zero-order valence-corrected chi connectivity index (χ0v) is 25.6. The average molecular weight is 653 g/mol. The number of halogens is 5. The van der Waals surface area contributed by atoms with Crippen LogP contribution >= 0.6 is 0 Å². The first kappa shape index (κ1) is 32.8. The summed E-state index contributed by atoms with van der Waals surface area (Å²) >= 11 is 0. The van der Waals surface area contributed by atoms with E-state index in [2.05, 4.69) is 4.98 Å². The van der Waals surface area contributed by atoms with Crippen LogP contribution in [0.2, 0.25) is 0 Å². The fraction of sp³-hybridized carbons (Fsp3) is 0.419. The van der Waals surface area contributed by atoms with Crippen molar-refractivity contribution in [2.45, 2.75) is 68.5 Å². The fourth-order valence-electron chi connectivity index (χ4n) is 5.87. The summed E-state index contributed by atoms with van der Waals surface area (Å²) in [4.78, 5) is 19.5. The number of pyridine rings is 1. The number of aromatic nitrogens is 1. The molecule has 242 valence electrons. The van der Waals surface area contributed by atoms with E-state index in [9.17, 15) is 40.3 Å². The summed E-state index contributed by atoms with van der Waals surface area (Å²) in [6.07, 6.45) is 7.23. The fourth-order valence-corrected chi connectivity index (χ4v) is 7.61. The summed E-state index contributed by atoms with van der Waals surface area (Å²) in [5.41, 5.74) is 2.28. The number of phenolic OH excluding ortho intramolecular Hbond substituents is 1. The maximum absolute atomic E-state index is 14.5. The maximum Gasteiger partial charge on any atom is 0.249 e. The predicted octanol–water partition coefficient (Wildman–Crippen LogP) is 5.59. The van der Waals surface area contributed by atoms with Crippen LogP contribution in [0.5, 0.6) is 5.75 Å². The Morgan fingerprint density at radius 1 is 0.911 bits per heavy atom. The smallest absolute Gasteiger partial charge is 0.249 e. The number of nitrogens with zero attached hydrogens (tertiary/aromatic N) is 4. The highest BCUT2D eigenvalue weighted by molar-refractivity contribution is 7.89. The second kappa shape index (κ2) is 13.0. The molecule has 3 aromatic rings. The lowest BCUT2D eigenvalue weighted by atomic mass is 9.85. The van der Waals surface area contributed by atoms with Crippen molar-refractivity contribution < 1.29 is 40.3 Å². The van der Waals surface area contributed by atoms with Gasteiger partial charge in [-0.2, -0.15) is 4.31 Å². The van der Waals surface area contributed by atoms with E-state index in [0.717, 1.165) is 31.2 Å². The number of hydrogen-bond acceptors (Lipinski definition) is 6. The second-order valence-corrected chi connectivity index (χ2v) is 13.5. The first-order chi connectivity index (χ1) is 21.3. The number of carbonyl (C=O) groups is 1. The Balaban J connectivity index is 1.48. The van der Waals surface area contributed by atoms with Crippen molar-refractivity contribution in [2.75, 3.05) is 25.5 Å². The minimum atomic E-state index is -5.34. The predicted molar refractivity (Wildman–Crippen MR) is 155 cm³/mol. The molecule has 0 radical (unpaired) electrons. The summed E-state index contributed by atoms with van der Waals surface area (Å²) < 4.78 is 97.4. The van der Waals surface area contributed by atoms with Crippen LogP contribution in [0.25, 0.3) is 0 Å². The van der Waals surface area contributed by atoms with Gasteiger partial charge in [-0.1, -0.05) is 31.4 Å². The first-order valence-electron chi connectivity index (χ1n) is 14.6. The van der Waals surface area contributed by atoms with Gasteiger partial charge < -0.3 is 14.9 Å². The van der Waals surface area contributed by atoms with E-state index in [1.807, 2.05) is 25.1 Å². The zero-order valence-electron chi connectivity index (χ0n) is 24.7. The molecule has 2 aliphatic rings. The molecule has 14 heteroatoms. The molecule has 1 saturated carbocycles. The minimum Gasteiger partial charge on any atom is -0.508 e. The number of aromatic hydroxyl groups is 1. The van der Waals surface area contributed by atoms with Crippen molar-refractivity contribution in [3.8, 4) is 5.75 Å². The van der Waals surface area contributed by atoms with Crippen LogP contribution in [0.3, 0.4) is 0 Å². The molecule has 5 rings (SSSR count). The number of anilines is 1. The lowest BCUT2D eigenvalue weighted by Crippen LogP contribution is -2.59. The summed E-state index contributed by atoms with van der Waals surface area (Å²) in [5.74, 6) is -12.9. The Morgan fingerprint density at radius 3 is 2.09 bits per heavy atom. The van der Waals surface area contributed by atoms with Gasteiger partial charge in [-0.15, -0.1) is 0 Å². The van der Waals surface area contributed by atoms with Gasteiger partial charge in [0.2, 0.25) is 21.7 Å². The van der Waals surface area contributed by atoms with Crippen LogP contribution in [-0.2, 0) is 27.9 Å². The van der Waals surface area contributed by atoms with Gasteiger partial charge in [-0.25, -0.2) is 30.4 Å². The van der Waals surface area contributed by atoms with Gasteiger partial charge in [-0.3, -0.25) is 9.78 Å². The molecular formula is C31H33F5N4O4S. The Kier molecular flexibility index (Phi) is 9.47. The molecule has 1 aliphatic heterocycles.